The van der Waals surface area contributed by atoms with Gasteiger partial charge in [-0.05, 0) is 35.2 Å². The van der Waals surface area contributed by atoms with Crippen LogP contribution in [0.4, 0.5) is 13.2 Å². The van der Waals surface area contributed by atoms with Crippen LogP contribution in [-0.4, -0.2) is 30.3 Å². The molecule has 0 saturated heterocycles. The topological polar surface area (TPSA) is 83.7 Å². The van der Waals surface area contributed by atoms with Crippen molar-refractivity contribution in [2.45, 2.75) is 17.9 Å². The molecule has 3 aromatic heterocycles. The summed E-state index contributed by atoms with van der Waals surface area (Å²) in [7, 11) is 0. The summed E-state index contributed by atoms with van der Waals surface area (Å²) in [6.45, 7) is 0.217. The second-order valence-electron chi connectivity index (χ2n) is 6.81. The van der Waals surface area contributed by atoms with Gasteiger partial charge in [0.05, 0.1) is 12.2 Å². The van der Waals surface area contributed by atoms with Crippen molar-refractivity contribution in [1.29, 1.82) is 0 Å². The molecule has 31 heavy (non-hydrogen) atoms. The first-order chi connectivity index (χ1) is 14.7. The van der Waals surface area contributed by atoms with Gasteiger partial charge in [-0.2, -0.15) is 23.1 Å². The van der Waals surface area contributed by atoms with Gasteiger partial charge in [-0.3, -0.25) is 9.78 Å². The molecule has 0 radical (unpaired) electrons. The summed E-state index contributed by atoms with van der Waals surface area (Å²) in [6.07, 6.45) is 1.32. The smallest absolute Gasteiger partial charge is 0.433 e. The highest BCUT2D eigenvalue weighted by molar-refractivity contribution is 7.90. The summed E-state index contributed by atoms with van der Waals surface area (Å²) in [5.74, 6) is 0. The minimum Gasteiger partial charge on any atom is -0.609 e. The first-order valence-corrected chi connectivity index (χ1v) is 10.6. The van der Waals surface area contributed by atoms with Crippen LogP contribution in [0.15, 0.2) is 71.0 Å². The molecule has 10 heteroatoms. The number of rotatable bonds is 4. The number of aromatic nitrogens is 4. The molecular weight excluding hydrogens is 429 g/mol. The third-order valence-electron chi connectivity index (χ3n) is 4.59. The summed E-state index contributed by atoms with van der Waals surface area (Å²) < 4.78 is 52.8. The van der Waals surface area contributed by atoms with Crippen LogP contribution in [0.2, 0.25) is 0 Å². The van der Waals surface area contributed by atoms with Crippen molar-refractivity contribution in [1.82, 2.24) is 19.5 Å². The monoisotopic (exact) mass is 444 g/mol. The molecule has 0 aliphatic rings. The molecule has 1 atom stereocenters. The summed E-state index contributed by atoms with van der Waals surface area (Å²) >= 11 is -1.81. The van der Waals surface area contributed by atoms with E-state index >= 15 is 0 Å². The Bertz CT molecular complexity index is 1320. The lowest BCUT2D eigenvalue weighted by atomic mass is 10.1. The number of halogens is 3. The predicted molar refractivity (Wildman–Crippen MR) is 110 cm³/mol. The number of nitrogens with zero attached hydrogens (tertiary/aromatic N) is 4. The van der Waals surface area contributed by atoms with Crippen molar-refractivity contribution in [3.05, 3.63) is 82.7 Å². The average Bonchev–Trinajstić information content (AvgIpc) is 2.74. The number of fused-ring (bicyclic) bond motifs is 1. The maximum absolute atomic E-state index is 13.2. The van der Waals surface area contributed by atoms with E-state index in [-0.39, 0.29) is 23.4 Å². The largest absolute Gasteiger partial charge is 0.609 e. The first-order valence-electron chi connectivity index (χ1n) is 9.04. The molecule has 4 aromatic rings. The van der Waals surface area contributed by atoms with Crippen LogP contribution in [0.3, 0.4) is 0 Å². The van der Waals surface area contributed by atoms with Gasteiger partial charge in [0.15, 0.2) is 5.69 Å². The Morgan fingerprint density at radius 1 is 1.06 bits per heavy atom. The molecule has 0 fully saturated rings. The molecule has 0 N–H and O–H groups in total. The third kappa shape index (κ3) is 4.59. The van der Waals surface area contributed by atoms with Gasteiger partial charge in [-0.15, -0.1) is 0 Å². The van der Waals surface area contributed by atoms with Gasteiger partial charge in [0.25, 0.3) is 5.56 Å². The Kier molecular flexibility index (Phi) is 5.50. The standard InChI is InChI=1S/C21H15F3N4O2S/c1-31(30)20-26-17(9-18(27-20)21(22,23)24)16-4-5-19(29)28(12-16)11-13-2-3-15-10-25-7-6-14(15)8-13/h2-10,12H,11H2,1H3. The summed E-state index contributed by atoms with van der Waals surface area (Å²) in [6, 6.07) is 10.9. The summed E-state index contributed by atoms with van der Waals surface area (Å²) in [4.78, 5) is 23.8. The van der Waals surface area contributed by atoms with Gasteiger partial charge in [-0.1, -0.05) is 12.1 Å². The van der Waals surface area contributed by atoms with Crippen LogP contribution >= 0.6 is 0 Å². The molecule has 3 heterocycles. The zero-order valence-electron chi connectivity index (χ0n) is 16.1. The van der Waals surface area contributed by atoms with Crippen LogP contribution in [-0.2, 0) is 23.9 Å². The highest BCUT2D eigenvalue weighted by Gasteiger charge is 2.35. The van der Waals surface area contributed by atoms with E-state index in [1.54, 1.807) is 12.4 Å². The van der Waals surface area contributed by atoms with Crippen molar-refractivity contribution in [2.24, 2.45) is 0 Å². The maximum Gasteiger partial charge on any atom is 0.433 e. The predicted octanol–water partition coefficient (Wildman–Crippen LogP) is 3.66. The lowest BCUT2D eigenvalue weighted by Crippen LogP contribution is -2.19. The molecule has 6 nitrogen and oxygen atoms in total. The second-order valence-corrected chi connectivity index (χ2v) is 8.09. The minimum atomic E-state index is -4.72. The van der Waals surface area contributed by atoms with E-state index in [9.17, 15) is 22.5 Å². The van der Waals surface area contributed by atoms with Crippen LogP contribution in [0, 0.1) is 0 Å². The normalized spacial score (nSPS) is 12.8. The zero-order valence-corrected chi connectivity index (χ0v) is 16.9. The van der Waals surface area contributed by atoms with Crippen molar-refractivity contribution >= 4 is 21.9 Å². The van der Waals surface area contributed by atoms with Crippen LogP contribution in [0.25, 0.3) is 22.0 Å². The molecule has 4 rings (SSSR count). The van der Waals surface area contributed by atoms with Crippen molar-refractivity contribution in [3.63, 3.8) is 0 Å². The molecule has 1 aromatic carbocycles. The summed E-state index contributed by atoms with van der Waals surface area (Å²) in [5.41, 5.74) is -0.450. The zero-order chi connectivity index (χ0) is 22.2. The van der Waals surface area contributed by atoms with Crippen molar-refractivity contribution in [3.8, 4) is 11.3 Å². The molecule has 158 valence electrons. The van der Waals surface area contributed by atoms with Crippen molar-refractivity contribution < 1.29 is 17.7 Å². The number of pyridine rings is 2. The molecule has 1 unspecified atom stereocenters. The lowest BCUT2D eigenvalue weighted by Gasteiger charge is -2.12. The van der Waals surface area contributed by atoms with E-state index < -0.39 is 28.2 Å². The summed E-state index contributed by atoms with van der Waals surface area (Å²) in [5, 5.41) is 1.48. The maximum atomic E-state index is 13.2. The fraction of sp³-hybridized carbons (Fsp3) is 0.143. The van der Waals surface area contributed by atoms with E-state index in [4.69, 9.17) is 0 Å². The highest BCUT2D eigenvalue weighted by atomic mass is 32.2. The van der Waals surface area contributed by atoms with E-state index in [1.807, 2.05) is 24.3 Å². The lowest BCUT2D eigenvalue weighted by molar-refractivity contribution is -0.141. The highest BCUT2D eigenvalue weighted by Crippen LogP contribution is 2.30. The molecule has 0 bridgehead atoms. The van der Waals surface area contributed by atoms with Crippen LogP contribution in [0.1, 0.15) is 11.3 Å². The van der Waals surface area contributed by atoms with E-state index in [0.717, 1.165) is 22.4 Å². The molecule has 0 amide bonds. The Hall–Kier alpha value is -3.24. The Balaban J connectivity index is 1.75. The molecule has 0 spiro atoms. The van der Waals surface area contributed by atoms with Gasteiger partial charge < -0.3 is 9.12 Å². The first kappa shape index (κ1) is 21.0. The Morgan fingerprint density at radius 2 is 1.87 bits per heavy atom. The quantitative estimate of drug-likeness (QED) is 0.354. The second kappa shape index (κ2) is 8.12. The van der Waals surface area contributed by atoms with Crippen LogP contribution < -0.4 is 5.56 Å². The fourth-order valence-electron chi connectivity index (χ4n) is 3.08. The van der Waals surface area contributed by atoms with Gasteiger partial charge in [0.2, 0.25) is 0 Å². The van der Waals surface area contributed by atoms with Gasteiger partial charge in [0.1, 0.15) is 6.26 Å². The van der Waals surface area contributed by atoms with E-state index in [1.165, 1.54) is 29.2 Å². The fourth-order valence-corrected chi connectivity index (χ4v) is 3.53. The van der Waals surface area contributed by atoms with Gasteiger partial charge >= 0.3 is 11.3 Å². The number of benzene rings is 1. The average molecular weight is 444 g/mol. The van der Waals surface area contributed by atoms with Crippen molar-refractivity contribution in [2.75, 3.05) is 6.26 Å². The number of hydrogen-bond donors (Lipinski definition) is 0. The molecule has 0 aliphatic heterocycles. The molecule has 0 saturated carbocycles. The Morgan fingerprint density at radius 3 is 2.61 bits per heavy atom. The molecular formula is C21H15F3N4O2S. The van der Waals surface area contributed by atoms with Gasteiger partial charge in [0, 0.05) is 46.8 Å². The van der Waals surface area contributed by atoms with Gasteiger partial charge in [-0.25, -0.2) is 0 Å². The SMILES string of the molecule is C[S+]([O-])c1nc(-c2ccc(=O)n(Cc3ccc4cnccc4c3)c2)cc(C(F)(F)F)n1. The Labute approximate surface area is 177 Å². The van der Waals surface area contributed by atoms with Crippen LogP contribution in [0.5, 0.6) is 0 Å². The third-order valence-corrected chi connectivity index (χ3v) is 5.29. The molecule has 0 aliphatic carbocycles. The number of hydrogen-bond acceptors (Lipinski definition) is 5. The van der Waals surface area contributed by atoms with E-state index in [2.05, 4.69) is 15.0 Å². The van der Waals surface area contributed by atoms with E-state index in [0.29, 0.717) is 0 Å². The number of alkyl halides is 3. The minimum absolute atomic E-state index is 0.0640.